The first kappa shape index (κ1) is 17.0. The summed E-state index contributed by atoms with van der Waals surface area (Å²) >= 11 is 0. The molecule has 0 aliphatic heterocycles. The van der Waals surface area contributed by atoms with Crippen LogP contribution in [0.2, 0.25) is 0 Å². The monoisotopic (exact) mass is 277 g/mol. The molecule has 0 saturated carbocycles. The van der Waals surface area contributed by atoms with Gasteiger partial charge in [0.1, 0.15) is 0 Å². The molecule has 0 fully saturated rings. The van der Waals surface area contributed by atoms with Crippen LogP contribution >= 0.6 is 0 Å². The molecule has 1 atom stereocenters. The zero-order valence-corrected chi connectivity index (χ0v) is 14.0. The van der Waals surface area contributed by atoms with Crippen LogP contribution in [-0.2, 0) is 6.54 Å². The van der Waals surface area contributed by atoms with Crippen molar-refractivity contribution in [3.8, 4) is 0 Å². The number of anilines is 1. The molecule has 1 aromatic heterocycles. The molecule has 1 heterocycles. The molecule has 1 aromatic rings. The topological polar surface area (TPSA) is 28.2 Å². The molecule has 1 rings (SSSR count). The van der Waals surface area contributed by atoms with E-state index in [0.29, 0.717) is 12.0 Å². The van der Waals surface area contributed by atoms with Gasteiger partial charge >= 0.3 is 0 Å². The number of pyridine rings is 1. The van der Waals surface area contributed by atoms with Crippen molar-refractivity contribution in [3.63, 3.8) is 0 Å². The number of hydrogen-bond acceptors (Lipinski definition) is 3. The van der Waals surface area contributed by atoms with E-state index in [0.717, 1.165) is 25.3 Å². The maximum Gasteiger partial charge on any atom is 0.0445 e. The maximum atomic E-state index is 4.47. The Bertz CT molecular complexity index is 401. The van der Waals surface area contributed by atoms with E-state index in [-0.39, 0.29) is 0 Å². The third-order valence-corrected chi connectivity index (χ3v) is 3.75. The Morgan fingerprint density at radius 3 is 2.50 bits per heavy atom. The Balaban J connectivity index is 2.95. The Labute approximate surface area is 124 Å². The standard InChI is InChI=1S/C17H31N3/c1-7-14(5)12-20(8-2)17-9-15(6)19-11-16(17)10-18-13(3)4/h9,11,13-14,18H,7-8,10,12H2,1-6H3. The first-order valence-electron chi connectivity index (χ1n) is 7.91. The molecule has 20 heavy (non-hydrogen) atoms. The highest BCUT2D eigenvalue weighted by atomic mass is 15.1. The molecular weight excluding hydrogens is 246 g/mol. The van der Waals surface area contributed by atoms with E-state index in [4.69, 9.17) is 0 Å². The van der Waals surface area contributed by atoms with Crippen molar-refractivity contribution in [3.05, 3.63) is 23.5 Å². The SMILES string of the molecule is CCC(C)CN(CC)c1cc(C)ncc1CNC(C)C. The molecule has 1 N–H and O–H groups in total. The first-order valence-corrected chi connectivity index (χ1v) is 7.91. The zero-order chi connectivity index (χ0) is 15.1. The third kappa shape index (κ3) is 5.12. The minimum absolute atomic E-state index is 0.494. The second kappa shape index (κ2) is 8.25. The van der Waals surface area contributed by atoms with E-state index in [1.165, 1.54) is 17.7 Å². The fourth-order valence-corrected chi connectivity index (χ4v) is 2.22. The van der Waals surface area contributed by atoms with E-state index in [1.54, 1.807) is 0 Å². The summed E-state index contributed by atoms with van der Waals surface area (Å²) in [5.41, 5.74) is 3.74. The summed E-state index contributed by atoms with van der Waals surface area (Å²) in [5, 5.41) is 3.50. The molecule has 1 unspecified atom stereocenters. The van der Waals surface area contributed by atoms with Gasteiger partial charge in [0, 0.05) is 48.8 Å². The lowest BCUT2D eigenvalue weighted by atomic mass is 10.1. The molecule has 3 heteroatoms. The lowest BCUT2D eigenvalue weighted by molar-refractivity contribution is 0.544. The average Bonchev–Trinajstić information content (AvgIpc) is 2.42. The molecule has 0 saturated heterocycles. The number of hydrogen-bond donors (Lipinski definition) is 1. The van der Waals surface area contributed by atoms with Crippen molar-refractivity contribution in [2.75, 3.05) is 18.0 Å². The van der Waals surface area contributed by atoms with Crippen molar-refractivity contribution < 1.29 is 0 Å². The molecule has 0 aliphatic carbocycles. The van der Waals surface area contributed by atoms with Gasteiger partial charge in [-0.3, -0.25) is 4.98 Å². The van der Waals surface area contributed by atoms with Gasteiger partial charge in [-0.05, 0) is 25.8 Å². The number of rotatable bonds is 8. The van der Waals surface area contributed by atoms with Gasteiger partial charge in [-0.15, -0.1) is 0 Å². The highest BCUT2D eigenvalue weighted by Gasteiger charge is 2.13. The van der Waals surface area contributed by atoms with Crippen LogP contribution in [0, 0.1) is 12.8 Å². The van der Waals surface area contributed by atoms with Crippen LogP contribution in [0.5, 0.6) is 0 Å². The predicted octanol–water partition coefficient (Wildman–Crippen LogP) is 3.76. The van der Waals surface area contributed by atoms with Crippen LogP contribution in [0.3, 0.4) is 0 Å². The highest BCUT2D eigenvalue weighted by Crippen LogP contribution is 2.22. The fourth-order valence-electron chi connectivity index (χ4n) is 2.22. The molecule has 0 spiro atoms. The third-order valence-electron chi connectivity index (χ3n) is 3.75. The lowest BCUT2D eigenvalue weighted by Crippen LogP contribution is -2.30. The molecule has 0 aromatic carbocycles. The predicted molar refractivity (Wildman–Crippen MR) is 88.3 cm³/mol. The summed E-state index contributed by atoms with van der Waals surface area (Å²) in [5.74, 6) is 0.717. The van der Waals surface area contributed by atoms with E-state index in [2.05, 4.69) is 62.8 Å². The van der Waals surface area contributed by atoms with Gasteiger partial charge in [0.05, 0.1) is 0 Å². The van der Waals surface area contributed by atoms with E-state index < -0.39 is 0 Å². The van der Waals surface area contributed by atoms with Crippen molar-refractivity contribution in [2.45, 2.75) is 60.5 Å². The Morgan fingerprint density at radius 1 is 1.25 bits per heavy atom. The molecule has 0 amide bonds. The minimum Gasteiger partial charge on any atom is -0.371 e. The summed E-state index contributed by atoms with van der Waals surface area (Å²) in [7, 11) is 0. The molecule has 114 valence electrons. The normalized spacial score (nSPS) is 12.8. The van der Waals surface area contributed by atoms with Crippen LogP contribution in [0.15, 0.2) is 12.3 Å². The van der Waals surface area contributed by atoms with Crippen molar-refractivity contribution in [2.24, 2.45) is 5.92 Å². The van der Waals surface area contributed by atoms with Gasteiger partial charge in [-0.25, -0.2) is 0 Å². The number of nitrogens with one attached hydrogen (secondary N) is 1. The van der Waals surface area contributed by atoms with Gasteiger partial charge in [-0.2, -0.15) is 0 Å². The van der Waals surface area contributed by atoms with Gasteiger partial charge in [0.15, 0.2) is 0 Å². The maximum absolute atomic E-state index is 4.47. The molecule has 3 nitrogen and oxygen atoms in total. The van der Waals surface area contributed by atoms with Crippen LogP contribution < -0.4 is 10.2 Å². The van der Waals surface area contributed by atoms with Crippen LogP contribution in [0.4, 0.5) is 5.69 Å². The molecule has 0 radical (unpaired) electrons. The largest absolute Gasteiger partial charge is 0.371 e. The lowest BCUT2D eigenvalue weighted by Gasteiger charge is -2.29. The fraction of sp³-hybridized carbons (Fsp3) is 0.706. The van der Waals surface area contributed by atoms with E-state index >= 15 is 0 Å². The second-order valence-electron chi connectivity index (χ2n) is 6.04. The molecular formula is C17H31N3. The average molecular weight is 277 g/mol. The van der Waals surface area contributed by atoms with Gasteiger partial charge < -0.3 is 10.2 Å². The van der Waals surface area contributed by atoms with Gasteiger partial charge in [0.25, 0.3) is 0 Å². The summed E-state index contributed by atoms with van der Waals surface area (Å²) in [4.78, 5) is 6.95. The highest BCUT2D eigenvalue weighted by molar-refractivity contribution is 5.53. The number of aryl methyl sites for hydroxylation is 1. The zero-order valence-electron chi connectivity index (χ0n) is 14.0. The Hall–Kier alpha value is -1.09. The second-order valence-corrected chi connectivity index (χ2v) is 6.04. The van der Waals surface area contributed by atoms with Crippen LogP contribution in [-0.4, -0.2) is 24.1 Å². The van der Waals surface area contributed by atoms with Crippen molar-refractivity contribution in [1.82, 2.24) is 10.3 Å². The Kier molecular flexibility index (Phi) is 7.00. The summed E-state index contributed by atoms with van der Waals surface area (Å²) in [6, 6.07) is 2.72. The number of aromatic nitrogens is 1. The summed E-state index contributed by atoms with van der Waals surface area (Å²) < 4.78 is 0. The van der Waals surface area contributed by atoms with Crippen molar-refractivity contribution >= 4 is 5.69 Å². The summed E-state index contributed by atoms with van der Waals surface area (Å²) in [6.45, 7) is 16.3. The molecule has 0 bridgehead atoms. The van der Waals surface area contributed by atoms with Gasteiger partial charge in [0.2, 0.25) is 0 Å². The van der Waals surface area contributed by atoms with Crippen LogP contribution in [0.25, 0.3) is 0 Å². The van der Waals surface area contributed by atoms with Crippen LogP contribution in [0.1, 0.15) is 52.3 Å². The smallest absolute Gasteiger partial charge is 0.0445 e. The van der Waals surface area contributed by atoms with E-state index in [1.807, 2.05) is 6.20 Å². The quantitative estimate of drug-likeness (QED) is 0.784. The Morgan fingerprint density at radius 2 is 1.95 bits per heavy atom. The molecule has 0 aliphatic rings. The van der Waals surface area contributed by atoms with E-state index in [9.17, 15) is 0 Å². The minimum atomic E-state index is 0.494. The van der Waals surface area contributed by atoms with Crippen molar-refractivity contribution in [1.29, 1.82) is 0 Å². The first-order chi connectivity index (χ1) is 9.47. The number of nitrogens with zero attached hydrogens (tertiary/aromatic N) is 2. The summed E-state index contributed by atoms with van der Waals surface area (Å²) in [6.07, 6.45) is 3.25. The van der Waals surface area contributed by atoms with Gasteiger partial charge in [-0.1, -0.05) is 34.1 Å².